The monoisotopic (exact) mass is 361 g/mol. The van der Waals surface area contributed by atoms with E-state index in [0.29, 0.717) is 21.6 Å². The number of hydrogen-bond acceptors (Lipinski definition) is 5. The highest BCUT2D eigenvalue weighted by Crippen LogP contribution is 2.35. The molecule has 8 heteroatoms. The molecule has 1 N–H and O–H groups in total. The molecule has 1 amide bonds. The number of nitrogens with zero attached hydrogens (tertiary/aromatic N) is 4. The van der Waals surface area contributed by atoms with Crippen LogP contribution >= 0.6 is 22.9 Å². The van der Waals surface area contributed by atoms with Crippen LogP contribution in [0.5, 0.6) is 0 Å². The summed E-state index contributed by atoms with van der Waals surface area (Å²) in [5.41, 5.74) is 2.37. The standard InChI is InChI=1S/C16H16ClN5OS/c1-10-8-18-5-7-21(10)16(23)15-20-13(14(17)24-15)11-9-19-22-6-3-2-4-12(11)22/h2-4,6,9-10,18H,5,7-8H2,1H3. The lowest BCUT2D eigenvalue weighted by Gasteiger charge is -2.33. The van der Waals surface area contributed by atoms with Crippen LogP contribution in [0.15, 0.2) is 30.6 Å². The molecular weight excluding hydrogens is 346 g/mol. The average Bonchev–Trinajstić information content (AvgIpc) is 3.18. The Morgan fingerprint density at radius 3 is 3.17 bits per heavy atom. The van der Waals surface area contributed by atoms with E-state index in [9.17, 15) is 4.79 Å². The average molecular weight is 362 g/mol. The van der Waals surface area contributed by atoms with E-state index in [1.54, 1.807) is 10.7 Å². The van der Waals surface area contributed by atoms with E-state index >= 15 is 0 Å². The predicted octanol–water partition coefficient (Wildman–Crippen LogP) is 2.55. The molecule has 124 valence electrons. The molecule has 0 spiro atoms. The van der Waals surface area contributed by atoms with Crippen LogP contribution in [0.25, 0.3) is 16.8 Å². The number of carbonyl (C=O) groups excluding carboxylic acids is 1. The zero-order chi connectivity index (χ0) is 16.7. The fourth-order valence-corrected chi connectivity index (χ4v) is 4.07. The largest absolute Gasteiger partial charge is 0.331 e. The Balaban J connectivity index is 1.71. The predicted molar refractivity (Wildman–Crippen MR) is 94.7 cm³/mol. The SMILES string of the molecule is CC1CNCCN1C(=O)c1nc(-c2cnn3ccccc23)c(Cl)s1. The van der Waals surface area contributed by atoms with Crippen LogP contribution < -0.4 is 5.32 Å². The number of nitrogens with one attached hydrogen (secondary N) is 1. The van der Waals surface area contributed by atoms with Gasteiger partial charge in [0, 0.05) is 37.4 Å². The molecule has 0 saturated carbocycles. The molecule has 3 aromatic rings. The summed E-state index contributed by atoms with van der Waals surface area (Å²) in [4.78, 5) is 19.2. The molecule has 1 atom stereocenters. The smallest absolute Gasteiger partial charge is 0.283 e. The summed E-state index contributed by atoms with van der Waals surface area (Å²) < 4.78 is 2.28. The third-order valence-electron chi connectivity index (χ3n) is 4.21. The Morgan fingerprint density at radius 2 is 2.33 bits per heavy atom. The molecule has 0 aromatic carbocycles. The van der Waals surface area contributed by atoms with Crippen molar-refractivity contribution in [1.82, 2.24) is 24.8 Å². The fraction of sp³-hybridized carbons (Fsp3) is 0.312. The molecule has 3 aromatic heterocycles. The van der Waals surface area contributed by atoms with Crippen LogP contribution in [0.2, 0.25) is 4.34 Å². The van der Waals surface area contributed by atoms with Gasteiger partial charge in [-0.05, 0) is 19.1 Å². The maximum absolute atomic E-state index is 12.8. The fourth-order valence-electron chi connectivity index (χ4n) is 2.94. The number of hydrogen-bond donors (Lipinski definition) is 1. The maximum Gasteiger partial charge on any atom is 0.283 e. The van der Waals surface area contributed by atoms with Crippen molar-refractivity contribution in [2.45, 2.75) is 13.0 Å². The first-order chi connectivity index (χ1) is 11.6. The molecule has 1 aliphatic heterocycles. The molecule has 0 bridgehead atoms. The van der Waals surface area contributed by atoms with Gasteiger partial charge >= 0.3 is 0 Å². The first-order valence-corrected chi connectivity index (χ1v) is 8.95. The number of pyridine rings is 1. The van der Waals surface area contributed by atoms with Gasteiger partial charge in [0.1, 0.15) is 10.0 Å². The molecule has 1 saturated heterocycles. The van der Waals surface area contributed by atoms with E-state index in [4.69, 9.17) is 11.6 Å². The van der Waals surface area contributed by atoms with Crippen molar-refractivity contribution < 1.29 is 4.79 Å². The number of rotatable bonds is 2. The zero-order valence-electron chi connectivity index (χ0n) is 13.1. The number of amides is 1. The minimum Gasteiger partial charge on any atom is -0.331 e. The van der Waals surface area contributed by atoms with Crippen LogP contribution in [-0.4, -0.2) is 51.1 Å². The third-order valence-corrected chi connectivity index (χ3v) is 5.45. The van der Waals surface area contributed by atoms with Gasteiger partial charge in [-0.2, -0.15) is 5.10 Å². The molecule has 1 unspecified atom stereocenters. The summed E-state index contributed by atoms with van der Waals surface area (Å²) in [7, 11) is 0. The number of piperazine rings is 1. The highest BCUT2D eigenvalue weighted by molar-refractivity contribution is 7.18. The Hall–Kier alpha value is -1.96. The van der Waals surface area contributed by atoms with Gasteiger partial charge < -0.3 is 10.2 Å². The molecule has 24 heavy (non-hydrogen) atoms. The molecule has 4 rings (SSSR count). The molecule has 0 aliphatic carbocycles. The van der Waals surface area contributed by atoms with E-state index in [2.05, 4.69) is 15.4 Å². The van der Waals surface area contributed by atoms with Crippen molar-refractivity contribution in [2.24, 2.45) is 0 Å². The third kappa shape index (κ3) is 2.58. The Labute approximate surface area is 148 Å². The van der Waals surface area contributed by atoms with E-state index < -0.39 is 0 Å². The summed E-state index contributed by atoms with van der Waals surface area (Å²) in [5, 5.41) is 8.02. The second-order valence-corrected chi connectivity index (χ2v) is 7.38. The number of thiazole rings is 1. The molecule has 1 fully saturated rings. The molecule has 0 radical (unpaired) electrons. The molecule has 4 heterocycles. The van der Waals surface area contributed by atoms with Crippen LogP contribution in [0.4, 0.5) is 0 Å². The summed E-state index contributed by atoms with van der Waals surface area (Å²) >= 11 is 7.62. The lowest BCUT2D eigenvalue weighted by atomic mass is 10.2. The van der Waals surface area contributed by atoms with Gasteiger partial charge in [-0.15, -0.1) is 0 Å². The van der Waals surface area contributed by atoms with Crippen molar-refractivity contribution in [3.8, 4) is 11.3 Å². The van der Waals surface area contributed by atoms with Gasteiger partial charge in [0.05, 0.1) is 11.7 Å². The van der Waals surface area contributed by atoms with Crippen molar-refractivity contribution in [3.63, 3.8) is 0 Å². The van der Waals surface area contributed by atoms with Gasteiger partial charge in [-0.3, -0.25) is 4.79 Å². The summed E-state index contributed by atoms with van der Waals surface area (Å²) in [6.07, 6.45) is 3.60. The van der Waals surface area contributed by atoms with Crippen molar-refractivity contribution >= 4 is 34.4 Å². The van der Waals surface area contributed by atoms with Crippen molar-refractivity contribution in [3.05, 3.63) is 39.9 Å². The zero-order valence-corrected chi connectivity index (χ0v) is 14.6. The van der Waals surface area contributed by atoms with Crippen molar-refractivity contribution in [1.29, 1.82) is 0 Å². The minimum atomic E-state index is -0.0568. The van der Waals surface area contributed by atoms with Crippen LogP contribution in [0.1, 0.15) is 16.7 Å². The quantitative estimate of drug-likeness (QED) is 0.762. The van der Waals surface area contributed by atoms with Gasteiger partial charge in [0.2, 0.25) is 0 Å². The second-order valence-electron chi connectivity index (χ2n) is 5.78. The van der Waals surface area contributed by atoms with E-state index in [0.717, 1.165) is 24.2 Å². The highest BCUT2D eigenvalue weighted by atomic mass is 35.5. The van der Waals surface area contributed by atoms with Gasteiger partial charge in [-0.25, -0.2) is 9.50 Å². The lowest BCUT2D eigenvalue weighted by molar-refractivity contribution is 0.0655. The van der Waals surface area contributed by atoms with Crippen LogP contribution in [-0.2, 0) is 0 Å². The van der Waals surface area contributed by atoms with Gasteiger partial charge in [-0.1, -0.05) is 29.0 Å². The first-order valence-electron chi connectivity index (χ1n) is 7.76. The van der Waals surface area contributed by atoms with Crippen molar-refractivity contribution in [2.75, 3.05) is 19.6 Å². The number of halogens is 1. The first kappa shape index (κ1) is 15.6. The normalized spacial score (nSPS) is 18.2. The molecule has 1 aliphatic rings. The van der Waals surface area contributed by atoms with Crippen LogP contribution in [0.3, 0.4) is 0 Å². The topological polar surface area (TPSA) is 62.5 Å². The summed E-state index contributed by atoms with van der Waals surface area (Å²) in [5.74, 6) is -0.0568. The summed E-state index contributed by atoms with van der Waals surface area (Å²) in [6, 6.07) is 5.95. The maximum atomic E-state index is 12.8. The Bertz CT molecular complexity index is 905. The second kappa shape index (κ2) is 6.16. The number of fused-ring (bicyclic) bond motifs is 1. The number of carbonyl (C=O) groups is 1. The van der Waals surface area contributed by atoms with E-state index in [1.165, 1.54) is 11.3 Å². The van der Waals surface area contributed by atoms with E-state index in [1.807, 2.05) is 36.2 Å². The van der Waals surface area contributed by atoms with E-state index in [-0.39, 0.29) is 11.9 Å². The molecule has 6 nitrogen and oxygen atoms in total. The Kier molecular flexibility index (Phi) is 3.99. The molecular formula is C16H16ClN5OS. The Morgan fingerprint density at radius 1 is 1.46 bits per heavy atom. The van der Waals surface area contributed by atoms with Gasteiger partial charge in [0.25, 0.3) is 5.91 Å². The highest BCUT2D eigenvalue weighted by Gasteiger charge is 2.28. The van der Waals surface area contributed by atoms with Gasteiger partial charge in [0.15, 0.2) is 5.01 Å². The lowest BCUT2D eigenvalue weighted by Crippen LogP contribution is -2.52. The summed E-state index contributed by atoms with van der Waals surface area (Å²) in [6.45, 7) is 4.32. The van der Waals surface area contributed by atoms with Crippen LogP contribution in [0, 0.1) is 0 Å². The number of aromatic nitrogens is 3. The minimum absolute atomic E-state index is 0.0568.